The van der Waals surface area contributed by atoms with E-state index in [0.29, 0.717) is 0 Å². The Morgan fingerprint density at radius 2 is 0.727 bits per heavy atom. The lowest BCUT2D eigenvalue weighted by Crippen LogP contribution is -2.54. The molecule has 0 aliphatic rings. The highest BCUT2D eigenvalue weighted by atomic mass is 28.5. The van der Waals surface area contributed by atoms with Crippen LogP contribution in [0.1, 0.15) is 0 Å². The van der Waals surface area contributed by atoms with E-state index in [1.165, 1.54) is 5.19 Å². The SMILES string of the molecule is C=C[Si](C)(C)O[Si](C)(C)OC.C=C[Si](C)(OC)O[Si](C)(C)OC.C=C[Si](C)(O[Si](C)(C)OC)c1ccccc1.CO[Si](C)(C)O[Si](C)(C)OC.C[Si](C)(C)O. The van der Waals surface area contributed by atoms with Gasteiger partial charge in [0, 0.05) is 42.7 Å². The van der Waals surface area contributed by atoms with E-state index in [9.17, 15) is 0 Å². The van der Waals surface area contributed by atoms with Crippen LogP contribution in [0.4, 0.5) is 0 Å². The highest BCUT2D eigenvalue weighted by Crippen LogP contribution is 2.18. The summed E-state index contributed by atoms with van der Waals surface area (Å²) < 4.78 is 55.4. The summed E-state index contributed by atoms with van der Waals surface area (Å²) >= 11 is 0. The summed E-state index contributed by atoms with van der Waals surface area (Å²) in [7, 11) is -6.99. The largest absolute Gasteiger partial charge is 0.433 e. The van der Waals surface area contributed by atoms with Crippen LogP contribution < -0.4 is 5.19 Å². The van der Waals surface area contributed by atoms with Crippen LogP contribution in [0.3, 0.4) is 0 Å². The molecule has 326 valence electrons. The molecule has 0 heterocycles. The second-order valence-corrected chi connectivity index (χ2v) is 49.8. The van der Waals surface area contributed by atoms with Crippen LogP contribution in [0.5, 0.6) is 0 Å². The van der Waals surface area contributed by atoms with E-state index in [0.717, 1.165) is 0 Å². The van der Waals surface area contributed by atoms with Gasteiger partial charge < -0.3 is 47.8 Å². The van der Waals surface area contributed by atoms with Gasteiger partial charge in [0.25, 0.3) is 0 Å². The average Bonchev–Trinajstić information content (AvgIpc) is 3.07. The molecule has 2 atom stereocenters. The number of benzene rings is 1. The second-order valence-electron chi connectivity index (χ2n) is 16.5. The quantitative estimate of drug-likeness (QED) is 0.142. The highest BCUT2D eigenvalue weighted by Gasteiger charge is 2.38. The number of hydrogen-bond donors (Lipinski definition) is 1. The summed E-state index contributed by atoms with van der Waals surface area (Å²) in [6.45, 7) is 45.6. The fourth-order valence-corrected chi connectivity index (χ4v) is 26.1. The van der Waals surface area contributed by atoms with Crippen molar-refractivity contribution in [3.63, 3.8) is 0 Å². The fraction of sp³-hybridized carbons (Fsp3) is 0.657. The molecule has 0 aliphatic heterocycles. The second kappa shape index (κ2) is 26.9. The zero-order valence-corrected chi connectivity index (χ0v) is 48.3. The van der Waals surface area contributed by atoms with Crippen LogP contribution >= 0.6 is 0 Å². The predicted octanol–water partition coefficient (Wildman–Crippen LogP) is 9.15. The summed E-state index contributed by atoms with van der Waals surface area (Å²) in [5.74, 6) is 0. The Hall–Kier alpha value is -0.0481. The Labute approximate surface area is 348 Å². The minimum absolute atomic E-state index is 1.24. The average molecular weight is 934 g/mol. The molecule has 0 aromatic heterocycles. The maximum Gasteiger partial charge on any atom is 0.352 e. The zero-order chi connectivity index (χ0) is 44.8. The van der Waals surface area contributed by atoms with Gasteiger partial charge in [-0.2, -0.15) is 0 Å². The third-order valence-electron chi connectivity index (χ3n) is 7.37. The third kappa shape index (κ3) is 34.5. The molecule has 55 heavy (non-hydrogen) atoms. The fourth-order valence-electron chi connectivity index (χ4n) is 3.63. The van der Waals surface area contributed by atoms with Crippen LogP contribution in [0, 0.1) is 0 Å². The van der Waals surface area contributed by atoms with Gasteiger partial charge >= 0.3 is 51.4 Å². The molecule has 20 heteroatoms. The van der Waals surface area contributed by atoms with Gasteiger partial charge in [0.15, 0.2) is 16.6 Å². The summed E-state index contributed by atoms with van der Waals surface area (Å²) in [5.41, 5.74) is 5.66. The molecule has 2 unspecified atom stereocenters. The van der Waals surface area contributed by atoms with Gasteiger partial charge in [0.2, 0.25) is 8.32 Å². The first-order chi connectivity index (χ1) is 24.5. The minimum atomic E-state index is -2.15. The summed E-state index contributed by atoms with van der Waals surface area (Å²) in [6, 6.07) is 10.3. The molecule has 0 fully saturated rings. The molecule has 0 bridgehead atoms. The van der Waals surface area contributed by atoms with Crippen LogP contribution in [0.25, 0.3) is 0 Å². The lowest BCUT2D eigenvalue weighted by atomic mass is 10.4. The maximum atomic E-state index is 8.66. The first-order valence-electron chi connectivity index (χ1n) is 18.3. The molecule has 0 radical (unpaired) electrons. The van der Waals surface area contributed by atoms with Crippen molar-refractivity contribution in [1.82, 2.24) is 0 Å². The van der Waals surface area contributed by atoms with Crippen LogP contribution in [0.15, 0.2) is 67.2 Å². The molecule has 0 saturated heterocycles. The van der Waals surface area contributed by atoms with Crippen molar-refractivity contribution in [2.45, 2.75) is 111 Å². The number of hydrogen-bond acceptors (Lipinski definition) is 11. The Bertz CT molecular complexity index is 1180. The topological polar surface area (TPSA) is 113 Å². The van der Waals surface area contributed by atoms with E-state index in [1.807, 2.05) is 108 Å². The molecule has 0 aliphatic carbocycles. The van der Waals surface area contributed by atoms with Crippen LogP contribution in [-0.2, 0) is 43.0 Å². The Kier molecular flexibility index (Phi) is 30.2. The minimum Gasteiger partial charge on any atom is -0.433 e. The zero-order valence-electron chi connectivity index (χ0n) is 39.3. The molecule has 1 rings (SSSR count). The molecular weight excluding hydrogens is 849 g/mol. The molecule has 1 aromatic carbocycles. The molecule has 11 nitrogen and oxygen atoms in total. The standard InChI is InChI=1S/C12H20O2Si2.C7H18O3Si2.C7H18O2Si2.C6H18O3Si2.C3H10OSi/c1-6-16(5,14-15(3,4)13-2)12-10-8-7-9-11-12;1-7-12(6,9-3)10-11(4,5)8-2;2*1-7-10(3,4)9-11(5,6)8-2;1-5(2,3)4/h6-11H,1H2,2-5H3;7H,1H2,2-6H3;7H,1H2,2-6H3;1-6H3;4H,1-3H3. The van der Waals surface area contributed by atoms with Gasteiger partial charge in [-0.1, -0.05) is 47.4 Å². The summed E-state index contributed by atoms with van der Waals surface area (Å²) in [4.78, 5) is 8.66. The van der Waals surface area contributed by atoms with E-state index in [4.69, 9.17) is 47.8 Å². The lowest BCUT2D eigenvalue weighted by Gasteiger charge is -2.32. The number of rotatable bonds is 18. The van der Waals surface area contributed by atoms with Crippen molar-refractivity contribution >= 4 is 81.5 Å². The monoisotopic (exact) mass is 932 g/mol. The van der Waals surface area contributed by atoms with E-state index in [-0.39, 0.29) is 0 Å². The molecule has 0 amide bonds. The van der Waals surface area contributed by atoms with Gasteiger partial charge in [-0.05, 0) is 116 Å². The van der Waals surface area contributed by atoms with Crippen LogP contribution in [0.2, 0.25) is 111 Å². The summed E-state index contributed by atoms with van der Waals surface area (Å²) in [5, 5.41) is 1.24. The Morgan fingerprint density at radius 3 is 1.00 bits per heavy atom. The Balaban J connectivity index is -0.000000306. The smallest absolute Gasteiger partial charge is 0.352 e. The van der Waals surface area contributed by atoms with Gasteiger partial charge in [-0.3, -0.25) is 0 Å². The lowest BCUT2D eigenvalue weighted by molar-refractivity contribution is 0.251. The maximum absolute atomic E-state index is 8.66. The van der Waals surface area contributed by atoms with E-state index < -0.39 is 76.3 Å². The van der Waals surface area contributed by atoms with E-state index in [2.05, 4.69) is 64.6 Å². The predicted molar refractivity (Wildman–Crippen MR) is 257 cm³/mol. The molecule has 0 saturated carbocycles. The van der Waals surface area contributed by atoms with Gasteiger partial charge in [-0.25, -0.2) is 0 Å². The Morgan fingerprint density at radius 1 is 0.418 bits per heavy atom. The van der Waals surface area contributed by atoms with Crippen molar-refractivity contribution < 1.29 is 47.8 Å². The molecule has 0 spiro atoms. The van der Waals surface area contributed by atoms with Crippen molar-refractivity contribution in [1.29, 1.82) is 0 Å². The van der Waals surface area contributed by atoms with E-state index >= 15 is 0 Å². The van der Waals surface area contributed by atoms with Crippen molar-refractivity contribution in [2.75, 3.05) is 42.7 Å². The van der Waals surface area contributed by atoms with Gasteiger partial charge in [0.05, 0.1) is 0 Å². The molecule has 1 aromatic rings. The normalized spacial score (nSPS) is 14.7. The highest BCUT2D eigenvalue weighted by molar-refractivity contribution is 6.95. The van der Waals surface area contributed by atoms with Crippen LogP contribution in [-0.4, -0.2) is 124 Å². The van der Waals surface area contributed by atoms with Gasteiger partial charge in [0.1, 0.15) is 0 Å². The van der Waals surface area contributed by atoms with E-state index in [1.54, 1.807) is 48.4 Å². The van der Waals surface area contributed by atoms with Crippen molar-refractivity contribution in [3.05, 3.63) is 67.2 Å². The van der Waals surface area contributed by atoms with Crippen molar-refractivity contribution in [3.8, 4) is 0 Å². The molecular formula is C35H84O11Si9. The first kappa shape index (κ1) is 61.6. The summed E-state index contributed by atoms with van der Waals surface area (Å²) in [6.07, 6.45) is 0. The molecule has 1 N–H and O–H groups in total. The first-order valence-corrected chi connectivity index (χ1v) is 43.7. The van der Waals surface area contributed by atoms with Gasteiger partial charge in [-0.15, -0.1) is 19.7 Å². The third-order valence-corrected chi connectivity index (χ3v) is 32.3. The van der Waals surface area contributed by atoms with Crippen molar-refractivity contribution in [2.24, 2.45) is 0 Å².